The molecule has 3 fully saturated rings. The molecule has 0 saturated heterocycles. The number of nitrogens with zero attached hydrogens (tertiary/aromatic N) is 1. The van der Waals surface area contributed by atoms with Crippen molar-refractivity contribution in [2.75, 3.05) is 13.2 Å². The normalized spacial score (nSPS) is 36.0. The van der Waals surface area contributed by atoms with Gasteiger partial charge in [-0.2, -0.15) is 0 Å². The number of carbonyl (C=O) groups excluding carboxylic acids is 2. The van der Waals surface area contributed by atoms with E-state index in [4.69, 9.17) is 4.84 Å². The molecule has 3 saturated carbocycles. The van der Waals surface area contributed by atoms with Gasteiger partial charge in [0.1, 0.15) is 5.60 Å². The Bertz CT molecular complexity index is 1380. The highest BCUT2D eigenvalue weighted by molar-refractivity contribution is 5.96. The van der Waals surface area contributed by atoms with Crippen LogP contribution in [0.5, 0.6) is 0 Å². The maximum atomic E-state index is 12.5. The van der Waals surface area contributed by atoms with Crippen molar-refractivity contribution in [2.45, 2.75) is 84.2 Å². The molecule has 1 aromatic heterocycles. The van der Waals surface area contributed by atoms with Crippen LogP contribution < -0.4 is 5.32 Å². The summed E-state index contributed by atoms with van der Waals surface area (Å²) in [6.07, 6.45) is 12.5. The van der Waals surface area contributed by atoms with Crippen LogP contribution in [0.25, 0.3) is 10.9 Å². The minimum absolute atomic E-state index is 0.0555. The molecular weight excluding hydrogens is 502 g/mol. The van der Waals surface area contributed by atoms with Gasteiger partial charge in [0, 0.05) is 29.1 Å². The summed E-state index contributed by atoms with van der Waals surface area (Å²) in [7, 11) is 0. The summed E-state index contributed by atoms with van der Waals surface area (Å²) in [6, 6.07) is 8.17. The number of ketones is 1. The molecule has 6 atom stereocenters. The highest BCUT2D eigenvalue weighted by Crippen LogP contribution is 2.67. The number of hydrogen-bond acceptors (Lipinski definition) is 5. The number of fused-ring (bicyclic) bond motifs is 6. The molecule has 4 aliphatic rings. The molecule has 4 aliphatic carbocycles. The lowest BCUT2D eigenvalue weighted by molar-refractivity contribution is -0.159. The molecule has 0 bridgehead atoms. The third kappa shape index (κ3) is 4.32. The van der Waals surface area contributed by atoms with Crippen molar-refractivity contribution in [3.05, 3.63) is 47.7 Å². The topological polar surface area (TPSA) is 104 Å². The number of aliphatic hydroxyl groups is 1. The minimum Gasteiger partial charge on any atom is -0.385 e. The quantitative estimate of drug-likeness (QED) is 0.401. The van der Waals surface area contributed by atoms with Crippen LogP contribution >= 0.6 is 0 Å². The van der Waals surface area contributed by atoms with Crippen LogP contribution in [0, 0.1) is 28.6 Å². The average molecular weight is 546 g/mol. The smallest absolute Gasteiger partial charge is 0.260 e. The van der Waals surface area contributed by atoms with E-state index in [0.717, 1.165) is 62.6 Å². The van der Waals surface area contributed by atoms with Crippen LogP contribution in [-0.4, -0.2) is 46.2 Å². The number of H-pyrrole nitrogens is 1. The molecule has 40 heavy (non-hydrogen) atoms. The first-order valence-corrected chi connectivity index (χ1v) is 15.1. The van der Waals surface area contributed by atoms with Gasteiger partial charge >= 0.3 is 0 Å². The van der Waals surface area contributed by atoms with E-state index in [9.17, 15) is 14.7 Å². The molecule has 2 aromatic rings. The lowest BCUT2D eigenvalue weighted by Gasteiger charge is -2.59. The van der Waals surface area contributed by atoms with Gasteiger partial charge in [-0.15, -0.1) is 0 Å². The van der Waals surface area contributed by atoms with Crippen molar-refractivity contribution in [2.24, 2.45) is 33.7 Å². The minimum atomic E-state index is -1.16. The number of oxime groups is 1. The zero-order valence-corrected chi connectivity index (χ0v) is 24.1. The molecule has 7 heteroatoms. The van der Waals surface area contributed by atoms with Gasteiger partial charge in [0.25, 0.3) is 5.91 Å². The van der Waals surface area contributed by atoms with Gasteiger partial charge in [-0.05, 0) is 106 Å². The number of hydrogen-bond donors (Lipinski definition) is 3. The van der Waals surface area contributed by atoms with E-state index in [1.165, 1.54) is 16.5 Å². The number of rotatable bonds is 7. The summed E-state index contributed by atoms with van der Waals surface area (Å²) in [5, 5.41) is 19.9. The first kappa shape index (κ1) is 27.3. The van der Waals surface area contributed by atoms with Crippen molar-refractivity contribution < 1.29 is 19.5 Å². The van der Waals surface area contributed by atoms with E-state index in [0.29, 0.717) is 30.7 Å². The SMILES string of the molecule is CC(=O)[C@@]1(O)CCC2C3CCC4=CC(=NOCC(=O)NCCc5c[nH]c6ccccc56)CC[C@]4(C)C3CC[C@@]21C. The molecule has 6 rings (SSSR count). The summed E-state index contributed by atoms with van der Waals surface area (Å²) < 4.78 is 0. The maximum absolute atomic E-state index is 12.5. The Hall–Kier alpha value is -2.93. The fourth-order valence-electron chi connectivity index (χ4n) is 9.14. The second-order valence-corrected chi connectivity index (χ2v) is 13.2. The first-order valence-electron chi connectivity index (χ1n) is 15.1. The van der Waals surface area contributed by atoms with E-state index < -0.39 is 5.60 Å². The van der Waals surface area contributed by atoms with Crippen LogP contribution in [0.2, 0.25) is 0 Å². The Morgan fingerprint density at radius 2 is 1.90 bits per heavy atom. The van der Waals surface area contributed by atoms with Gasteiger partial charge in [-0.3, -0.25) is 9.59 Å². The molecule has 3 unspecified atom stereocenters. The van der Waals surface area contributed by atoms with Crippen LogP contribution in [0.1, 0.15) is 77.7 Å². The highest BCUT2D eigenvalue weighted by Gasteiger charge is 2.65. The summed E-state index contributed by atoms with van der Waals surface area (Å²) in [5.41, 5.74) is 3.33. The molecule has 214 valence electrons. The highest BCUT2D eigenvalue weighted by atomic mass is 16.6. The Kier molecular flexibility index (Phi) is 6.92. The van der Waals surface area contributed by atoms with Crippen molar-refractivity contribution in [3.8, 4) is 0 Å². The largest absolute Gasteiger partial charge is 0.385 e. The van der Waals surface area contributed by atoms with Gasteiger partial charge in [0.15, 0.2) is 12.4 Å². The molecule has 0 spiro atoms. The second kappa shape index (κ2) is 10.2. The Labute approximate surface area is 236 Å². The summed E-state index contributed by atoms with van der Waals surface area (Å²) >= 11 is 0. The monoisotopic (exact) mass is 545 g/mol. The molecule has 1 aromatic carbocycles. The van der Waals surface area contributed by atoms with E-state index in [-0.39, 0.29) is 29.1 Å². The number of benzene rings is 1. The zero-order valence-electron chi connectivity index (χ0n) is 24.1. The summed E-state index contributed by atoms with van der Waals surface area (Å²) in [6.45, 7) is 6.64. The van der Waals surface area contributed by atoms with Crippen molar-refractivity contribution in [3.63, 3.8) is 0 Å². The number of carbonyl (C=O) groups is 2. The van der Waals surface area contributed by atoms with E-state index in [1.54, 1.807) is 6.92 Å². The lowest BCUT2D eigenvalue weighted by atomic mass is 9.46. The second-order valence-electron chi connectivity index (χ2n) is 13.2. The standard InChI is InChI=1S/C33H43N3O4/c1-21(37)33(39)16-12-28-26-9-8-23-18-24(10-14-31(23,2)27(26)11-15-32(28,33)3)36-40-20-30(38)34-17-13-22-19-35-29-7-5-4-6-25(22)29/h4-7,18-19,26-28,35,39H,8-17,20H2,1-3H3,(H,34,38)/t26?,27?,28?,31-,32-,33-/m0/s1. The third-order valence-corrected chi connectivity index (χ3v) is 11.5. The third-order valence-electron chi connectivity index (χ3n) is 11.5. The number of aromatic nitrogens is 1. The summed E-state index contributed by atoms with van der Waals surface area (Å²) in [4.78, 5) is 33.6. The van der Waals surface area contributed by atoms with Crippen LogP contribution in [-0.2, 0) is 20.8 Å². The number of nitrogens with one attached hydrogen (secondary N) is 2. The van der Waals surface area contributed by atoms with Crippen LogP contribution in [0.15, 0.2) is 47.3 Å². The van der Waals surface area contributed by atoms with Crippen LogP contribution in [0.3, 0.4) is 0 Å². The van der Waals surface area contributed by atoms with Crippen molar-refractivity contribution >= 4 is 28.3 Å². The van der Waals surface area contributed by atoms with Gasteiger partial charge in [0.05, 0.1) is 5.71 Å². The molecule has 1 heterocycles. The molecule has 0 aliphatic heterocycles. The predicted molar refractivity (Wildman–Crippen MR) is 156 cm³/mol. The molecular formula is C33H43N3O4. The van der Waals surface area contributed by atoms with Crippen molar-refractivity contribution in [1.82, 2.24) is 10.3 Å². The Balaban J connectivity index is 1.04. The predicted octanol–water partition coefficient (Wildman–Crippen LogP) is 5.48. The maximum Gasteiger partial charge on any atom is 0.260 e. The van der Waals surface area contributed by atoms with Gasteiger partial charge < -0.3 is 20.2 Å². The van der Waals surface area contributed by atoms with Crippen molar-refractivity contribution in [1.29, 1.82) is 0 Å². The van der Waals surface area contributed by atoms with E-state index in [2.05, 4.69) is 47.5 Å². The summed E-state index contributed by atoms with van der Waals surface area (Å²) in [5.74, 6) is 1.32. The number of para-hydroxylation sites is 1. The van der Waals surface area contributed by atoms with E-state index in [1.807, 2.05) is 18.3 Å². The average Bonchev–Trinajstić information content (AvgIpc) is 3.47. The Morgan fingerprint density at radius 3 is 2.73 bits per heavy atom. The number of allylic oxidation sites excluding steroid dienone is 2. The zero-order chi connectivity index (χ0) is 28.1. The molecule has 0 radical (unpaired) electrons. The number of aromatic amines is 1. The number of Topliss-reactive ketones (excluding diaryl/α,β-unsaturated/α-hetero) is 1. The molecule has 7 nitrogen and oxygen atoms in total. The van der Waals surface area contributed by atoms with Gasteiger partial charge in [-0.1, -0.05) is 42.8 Å². The van der Waals surface area contributed by atoms with Gasteiger partial charge in [-0.25, -0.2) is 0 Å². The lowest BCUT2D eigenvalue weighted by Crippen LogP contribution is -2.57. The van der Waals surface area contributed by atoms with Gasteiger partial charge in [0.2, 0.25) is 0 Å². The molecule has 3 N–H and O–H groups in total. The number of amides is 1. The van der Waals surface area contributed by atoms with Crippen LogP contribution in [0.4, 0.5) is 0 Å². The molecule has 1 amide bonds. The van der Waals surface area contributed by atoms with E-state index >= 15 is 0 Å². The first-order chi connectivity index (χ1) is 19.2. The Morgan fingerprint density at radius 1 is 1.10 bits per heavy atom. The fraction of sp³-hybridized carbons (Fsp3) is 0.606. The fourth-order valence-corrected chi connectivity index (χ4v) is 9.14.